The van der Waals surface area contributed by atoms with Crippen LogP contribution in [-0.2, 0) is 6.42 Å². The molecule has 0 aromatic heterocycles. The van der Waals surface area contributed by atoms with E-state index in [1.54, 1.807) is 19.1 Å². The highest BCUT2D eigenvalue weighted by atomic mass is 19.1. The zero-order valence-electron chi connectivity index (χ0n) is 15.6. The van der Waals surface area contributed by atoms with E-state index in [1.807, 2.05) is 31.2 Å². The van der Waals surface area contributed by atoms with Crippen LogP contribution in [0.1, 0.15) is 28.4 Å². The molecule has 0 radical (unpaired) electrons. The molecule has 0 amide bonds. The molecule has 144 valence electrons. The lowest BCUT2D eigenvalue weighted by atomic mass is 9.98. The Bertz CT molecular complexity index is 1010. The third-order valence-electron chi connectivity index (χ3n) is 4.44. The number of ketones is 1. The number of phenolic OH excluding ortho intramolecular Hbond substituents is 1. The van der Waals surface area contributed by atoms with Crippen molar-refractivity contribution >= 4 is 5.78 Å². The van der Waals surface area contributed by atoms with Crippen molar-refractivity contribution in [3.8, 4) is 22.6 Å². The fraction of sp³-hybridized carbons (Fsp3) is 0.174. The summed E-state index contributed by atoms with van der Waals surface area (Å²) in [4.78, 5) is 12.5. The lowest BCUT2D eigenvalue weighted by Gasteiger charge is -2.10. The van der Waals surface area contributed by atoms with Crippen molar-refractivity contribution in [2.24, 2.45) is 0 Å². The normalized spacial score (nSPS) is 10.7. The van der Waals surface area contributed by atoms with Gasteiger partial charge in [0.2, 0.25) is 5.82 Å². The number of aryl methyl sites for hydroxylation is 1. The molecular formula is C23H20F2O3. The molecule has 0 heterocycles. The lowest BCUT2D eigenvalue weighted by molar-refractivity contribution is 0.0989. The highest BCUT2D eigenvalue weighted by Crippen LogP contribution is 2.31. The maximum Gasteiger partial charge on any atom is 0.207 e. The molecule has 0 spiro atoms. The molecule has 0 saturated heterocycles. The van der Waals surface area contributed by atoms with Crippen LogP contribution in [0.5, 0.6) is 11.5 Å². The van der Waals surface area contributed by atoms with Crippen LogP contribution < -0.4 is 4.74 Å². The van der Waals surface area contributed by atoms with Gasteiger partial charge in [0.25, 0.3) is 0 Å². The molecule has 1 N–H and O–H groups in total. The van der Waals surface area contributed by atoms with E-state index in [0.29, 0.717) is 11.1 Å². The Balaban J connectivity index is 1.82. The smallest absolute Gasteiger partial charge is 0.207 e. The van der Waals surface area contributed by atoms with Gasteiger partial charge in [0.05, 0.1) is 12.2 Å². The Morgan fingerprint density at radius 3 is 2.39 bits per heavy atom. The standard InChI is InChI=1S/C23H20F2O3/c1-3-28-21-11-10-18(23(27)22(21)25)20(26)13-15-6-9-17(19(24)12-15)16-7-4-14(2)5-8-16/h4-12,27H,3,13H2,1-2H3. The number of ether oxygens (including phenoxy) is 1. The minimum absolute atomic E-state index is 0.120. The molecule has 5 heteroatoms. The van der Waals surface area contributed by atoms with Gasteiger partial charge in [0, 0.05) is 12.0 Å². The van der Waals surface area contributed by atoms with Gasteiger partial charge >= 0.3 is 0 Å². The average Bonchev–Trinajstić information content (AvgIpc) is 2.67. The van der Waals surface area contributed by atoms with Crippen LogP contribution in [0, 0.1) is 18.6 Å². The fourth-order valence-corrected chi connectivity index (χ4v) is 2.95. The molecule has 0 saturated carbocycles. The second-order valence-corrected chi connectivity index (χ2v) is 6.49. The summed E-state index contributed by atoms with van der Waals surface area (Å²) in [5.74, 6) is -2.82. The number of hydrogen-bond acceptors (Lipinski definition) is 3. The molecule has 3 aromatic rings. The maximum atomic E-state index is 14.5. The Morgan fingerprint density at radius 1 is 1.04 bits per heavy atom. The minimum Gasteiger partial charge on any atom is -0.504 e. The molecule has 0 unspecified atom stereocenters. The largest absolute Gasteiger partial charge is 0.504 e. The third kappa shape index (κ3) is 4.03. The minimum atomic E-state index is -0.978. The summed E-state index contributed by atoms with van der Waals surface area (Å²) in [6.07, 6.45) is -0.161. The van der Waals surface area contributed by atoms with E-state index >= 15 is 0 Å². The van der Waals surface area contributed by atoms with E-state index in [-0.39, 0.29) is 24.3 Å². The van der Waals surface area contributed by atoms with Gasteiger partial charge in [0.1, 0.15) is 5.82 Å². The molecule has 0 aliphatic heterocycles. The summed E-state index contributed by atoms with van der Waals surface area (Å²) in [5, 5.41) is 9.97. The first-order valence-corrected chi connectivity index (χ1v) is 8.93. The van der Waals surface area contributed by atoms with Crippen LogP contribution in [0.4, 0.5) is 8.78 Å². The summed E-state index contributed by atoms with van der Waals surface area (Å²) >= 11 is 0. The second kappa shape index (κ2) is 8.21. The van der Waals surface area contributed by atoms with Crippen molar-refractivity contribution in [1.82, 2.24) is 0 Å². The summed E-state index contributed by atoms with van der Waals surface area (Å²) < 4.78 is 33.7. The number of halogens is 2. The van der Waals surface area contributed by atoms with Crippen molar-refractivity contribution in [3.63, 3.8) is 0 Å². The van der Waals surface area contributed by atoms with Crippen LogP contribution in [0.25, 0.3) is 11.1 Å². The van der Waals surface area contributed by atoms with E-state index in [0.717, 1.165) is 11.1 Å². The molecule has 0 fully saturated rings. The van der Waals surface area contributed by atoms with Gasteiger partial charge < -0.3 is 9.84 Å². The van der Waals surface area contributed by atoms with Gasteiger partial charge in [-0.15, -0.1) is 0 Å². The quantitative estimate of drug-likeness (QED) is 0.575. The average molecular weight is 382 g/mol. The highest BCUT2D eigenvalue weighted by molar-refractivity contribution is 6.00. The van der Waals surface area contributed by atoms with E-state index in [2.05, 4.69) is 0 Å². The first-order valence-electron chi connectivity index (χ1n) is 8.93. The molecule has 3 rings (SSSR count). The Morgan fingerprint density at radius 2 is 1.75 bits per heavy atom. The van der Waals surface area contributed by atoms with Crippen molar-refractivity contribution in [2.75, 3.05) is 6.61 Å². The van der Waals surface area contributed by atoms with Gasteiger partial charge in [-0.05, 0) is 43.2 Å². The number of phenols is 1. The number of Topliss-reactive ketones (excluding diaryl/α,β-unsaturated/α-hetero) is 1. The summed E-state index contributed by atoms with van der Waals surface area (Å²) in [7, 11) is 0. The van der Waals surface area contributed by atoms with Crippen molar-refractivity contribution in [3.05, 3.63) is 82.9 Å². The first-order chi connectivity index (χ1) is 13.4. The predicted octanol–water partition coefficient (Wildman–Crippen LogP) is 5.47. The van der Waals surface area contributed by atoms with Crippen molar-refractivity contribution < 1.29 is 23.4 Å². The summed E-state index contributed by atoms with van der Waals surface area (Å²) in [6.45, 7) is 3.87. The van der Waals surface area contributed by atoms with E-state index < -0.39 is 23.2 Å². The first kappa shape index (κ1) is 19.5. The SMILES string of the molecule is CCOc1ccc(C(=O)Cc2ccc(-c3ccc(C)cc3)c(F)c2)c(O)c1F. The van der Waals surface area contributed by atoms with Crippen LogP contribution in [0.2, 0.25) is 0 Å². The number of carbonyl (C=O) groups excluding carboxylic acids is 1. The van der Waals surface area contributed by atoms with Crippen LogP contribution >= 0.6 is 0 Å². The van der Waals surface area contributed by atoms with Crippen LogP contribution in [0.3, 0.4) is 0 Å². The van der Waals surface area contributed by atoms with E-state index in [9.17, 15) is 18.7 Å². The number of rotatable bonds is 6. The zero-order chi connectivity index (χ0) is 20.3. The number of carbonyl (C=O) groups is 1. The molecule has 0 aliphatic rings. The lowest BCUT2D eigenvalue weighted by Crippen LogP contribution is -2.06. The highest BCUT2D eigenvalue weighted by Gasteiger charge is 2.19. The van der Waals surface area contributed by atoms with E-state index in [1.165, 1.54) is 18.2 Å². The zero-order valence-corrected chi connectivity index (χ0v) is 15.6. The van der Waals surface area contributed by atoms with Crippen LogP contribution in [-0.4, -0.2) is 17.5 Å². The molecule has 28 heavy (non-hydrogen) atoms. The third-order valence-corrected chi connectivity index (χ3v) is 4.44. The fourth-order valence-electron chi connectivity index (χ4n) is 2.95. The molecule has 3 aromatic carbocycles. The van der Waals surface area contributed by atoms with Gasteiger partial charge in [0.15, 0.2) is 17.3 Å². The number of benzene rings is 3. The Kier molecular flexibility index (Phi) is 5.73. The van der Waals surface area contributed by atoms with Crippen molar-refractivity contribution in [2.45, 2.75) is 20.3 Å². The second-order valence-electron chi connectivity index (χ2n) is 6.49. The predicted molar refractivity (Wildman–Crippen MR) is 104 cm³/mol. The van der Waals surface area contributed by atoms with Gasteiger partial charge in [-0.25, -0.2) is 4.39 Å². The van der Waals surface area contributed by atoms with Crippen molar-refractivity contribution in [1.29, 1.82) is 0 Å². The molecular weight excluding hydrogens is 362 g/mol. The molecule has 3 nitrogen and oxygen atoms in total. The molecule has 0 bridgehead atoms. The summed E-state index contributed by atoms with van der Waals surface area (Å²) in [6, 6.07) is 14.6. The molecule has 0 aliphatic carbocycles. The summed E-state index contributed by atoms with van der Waals surface area (Å²) in [5.41, 5.74) is 2.53. The Labute approximate surface area is 162 Å². The van der Waals surface area contributed by atoms with Gasteiger partial charge in [-0.3, -0.25) is 4.79 Å². The van der Waals surface area contributed by atoms with Gasteiger partial charge in [-0.1, -0.05) is 42.0 Å². The van der Waals surface area contributed by atoms with Gasteiger partial charge in [-0.2, -0.15) is 4.39 Å². The Hall–Kier alpha value is -3.21. The monoisotopic (exact) mass is 382 g/mol. The number of hydrogen-bond donors (Lipinski definition) is 1. The number of aromatic hydroxyl groups is 1. The molecule has 0 atom stereocenters. The van der Waals surface area contributed by atoms with E-state index in [4.69, 9.17) is 4.74 Å². The maximum absolute atomic E-state index is 14.5. The van der Waals surface area contributed by atoms with Crippen LogP contribution in [0.15, 0.2) is 54.6 Å². The topological polar surface area (TPSA) is 46.5 Å².